The van der Waals surface area contributed by atoms with Crippen molar-refractivity contribution in [2.45, 2.75) is 13.0 Å². The van der Waals surface area contributed by atoms with E-state index < -0.39 is 17.7 Å². The number of anilines is 1. The van der Waals surface area contributed by atoms with Crippen molar-refractivity contribution in [3.63, 3.8) is 0 Å². The molecular weight excluding hydrogens is 544 g/mol. The van der Waals surface area contributed by atoms with Crippen molar-refractivity contribution in [1.29, 1.82) is 0 Å². The smallest absolute Gasteiger partial charge is 0.301 e. The molecule has 0 bridgehead atoms. The highest BCUT2D eigenvalue weighted by molar-refractivity contribution is 9.10. The van der Waals surface area contributed by atoms with Crippen molar-refractivity contribution in [3.8, 4) is 11.5 Å². The van der Waals surface area contributed by atoms with E-state index in [4.69, 9.17) is 9.47 Å². The molecule has 3 aromatic carbocycles. The Kier molecular flexibility index (Phi) is 6.27. The van der Waals surface area contributed by atoms with E-state index in [2.05, 4.69) is 20.9 Å². The maximum absolute atomic E-state index is 13.4. The molecule has 0 saturated carbocycles. The van der Waals surface area contributed by atoms with E-state index in [-0.39, 0.29) is 11.3 Å². The summed E-state index contributed by atoms with van der Waals surface area (Å²) in [7, 11) is 3.14. The van der Waals surface area contributed by atoms with Crippen LogP contribution in [0.1, 0.15) is 22.7 Å². The first-order chi connectivity index (χ1) is 17.3. The van der Waals surface area contributed by atoms with Crippen molar-refractivity contribution < 1.29 is 24.2 Å². The van der Waals surface area contributed by atoms with Crippen LogP contribution < -0.4 is 14.4 Å². The van der Waals surface area contributed by atoms with Gasteiger partial charge in [-0.25, -0.2) is 4.98 Å². The Balaban J connectivity index is 1.71. The fraction of sp³-hybridized carbons (Fsp3) is 0.148. The van der Waals surface area contributed by atoms with Gasteiger partial charge in [0, 0.05) is 10.0 Å². The molecule has 0 radical (unpaired) electrons. The number of nitrogens with zero attached hydrogens (tertiary/aromatic N) is 2. The summed E-state index contributed by atoms with van der Waals surface area (Å²) in [4.78, 5) is 32.8. The summed E-state index contributed by atoms with van der Waals surface area (Å²) in [6.07, 6.45) is 0. The number of aliphatic hydroxyl groups is 1. The number of amides is 1. The number of carbonyl (C=O) groups is 2. The average Bonchev–Trinajstić information content (AvgIpc) is 3.41. The van der Waals surface area contributed by atoms with Gasteiger partial charge in [0.1, 0.15) is 17.3 Å². The van der Waals surface area contributed by atoms with E-state index in [1.165, 1.54) is 16.2 Å². The molecule has 7 nitrogen and oxygen atoms in total. The average molecular weight is 565 g/mol. The van der Waals surface area contributed by atoms with Crippen LogP contribution in [-0.4, -0.2) is 36.0 Å². The number of hydrogen-bond acceptors (Lipinski definition) is 7. The van der Waals surface area contributed by atoms with Gasteiger partial charge in [0.15, 0.2) is 5.13 Å². The third-order valence-electron chi connectivity index (χ3n) is 6.09. The molecular formula is C27H21BrN2O5S. The zero-order valence-corrected chi connectivity index (χ0v) is 22.0. The van der Waals surface area contributed by atoms with Crippen LogP contribution in [0.25, 0.3) is 16.0 Å². The summed E-state index contributed by atoms with van der Waals surface area (Å²) >= 11 is 4.71. The molecule has 1 aliphatic heterocycles. The Morgan fingerprint density at radius 3 is 2.44 bits per heavy atom. The Morgan fingerprint density at radius 1 is 1.03 bits per heavy atom. The van der Waals surface area contributed by atoms with Crippen LogP contribution in [0.3, 0.4) is 0 Å². The number of hydrogen-bond donors (Lipinski definition) is 1. The third-order valence-corrected chi connectivity index (χ3v) is 7.63. The molecule has 0 aliphatic carbocycles. The largest absolute Gasteiger partial charge is 0.507 e. The van der Waals surface area contributed by atoms with E-state index in [0.717, 1.165) is 14.7 Å². The number of carbonyl (C=O) groups excluding carboxylic acids is 2. The number of methoxy groups -OCH3 is 2. The van der Waals surface area contributed by atoms with E-state index in [0.29, 0.717) is 33.3 Å². The maximum Gasteiger partial charge on any atom is 0.301 e. The molecule has 1 aromatic heterocycles. The first kappa shape index (κ1) is 24.0. The molecule has 182 valence electrons. The van der Waals surface area contributed by atoms with Crippen LogP contribution in [0.5, 0.6) is 11.5 Å². The normalized spacial score (nSPS) is 17.1. The van der Waals surface area contributed by atoms with Gasteiger partial charge < -0.3 is 14.6 Å². The molecule has 1 aliphatic rings. The van der Waals surface area contributed by atoms with Gasteiger partial charge in [-0.1, -0.05) is 39.4 Å². The van der Waals surface area contributed by atoms with Crippen LogP contribution in [-0.2, 0) is 9.59 Å². The number of rotatable bonds is 5. The van der Waals surface area contributed by atoms with E-state index in [9.17, 15) is 14.7 Å². The Morgan fingerprint density at radius 2 is 1.78 bits per heavy atom. The number of aryl methyl sites for hydroxylation is 1. The standard InChI is InChI=1S/C27H21BrN2O5S/c1-14-12-16(6-11-20(14)35-3)24(31)22-23(15-4-7-17(28)8-5-15)30(26(33)25(22)32)27-29-19-10-9-18(34-2)13-21(19)36-27/h4-13,23,31H,1-3H3/b24-22+/t23-/m1/s1. The molecule has 36 heavy (non-hydrogen) atoms. The van der Waals surface area contributed by atoms with Gasteiger partial charge in [0.05, 0.1) is 36.1 Å². The van der Waals surface area contributed by atoms with Crippen LogP contribution in [0.15, 0.2) is 70.7 Å². The monoisotopic (exact) mass is 564 g/mol. The van der Waals surface area contributed by atoms with Gasteiger partial charge in [-0.3, -0.25) is 14.5 Å². The summed E-state index contributed by atoms with van der Waals surface area (Å²) in [5, 5.41) is 11.7. The van der Waals surface area contributed by atoms with Crippen LogP contribution in [0, 0.1) is 6.92 Å². The first-order valence-electron chi connectivity index (χ1n) is 11.0. The van der Waals surface area contributed by atoms with Crippen molar-refractivity contribution in [1.82, 2.24) is 4.98 Å². The highest BCUT2D eigenvalue weighted by atomic mass is 79.9. The van der Waals surface area contributed by atoms with Crippen molar-refractivity contribution >= 4 is 60.1 Å². The summed E-state index contributed by atoms with van der Waals surface area (Å²) in [5.41, 5.74) is 2.56. The number of aliphatic hydroxyl groups excluding tert-OH is 1. The molecule has 1 saturated heterocycles. The topological polar surface area (TPSA) is 89.0 Å². The maximum atomic E-state index is 13.4. The second kappa shape index (κ2) is 9.40. The van der Waals surface area contributed by atoms with Crippen molar-refractivity contribution in [3.05, 3.63) is 87.4 Å². The number of ether oxygens (including phenoxy) is 2. The molecule has 1 N–H and O–H groups in total. The van der Waals surface area contributed by atoms with Gasteiger partial charge in [0.2, 0.25) is 0 Å². The summed E-state index contributed by atoms with van der Waals surface area (Å²) < 4.78 is 12.3. The minimum atomic E-state index is -0.858. The van der Waals surface area contributed by atoms with Gasteiger partial charge in [-0.15, -0.1) is 0 Å². The zero-order chi connectivity index (χ0) is 25.6. The Labute approximate surface area is 219 Å². The molecule has 0 spiro atoms. The van der Waals surface area contributed by atoms with Gasteiger partial charge in [-0.2, -0.15) is 0 Å². The number of ketones is 1. The minimum Gasteiger partial charge on any atom is -0.507 e. The third kappa shape index (κ3) is 4.04. The van der Waals surface area contributed by atoms with Crippen molar-refractivity contribution in [2.75, 3.05) is 19.1 Å². The number of Topliss-reactive ketones (excluding diaryl/α,β-unsaturated/α-hetero) is 1. The molecule has 5 rings (SSSR count). The number of fused-ring (bicyclic) bond motifs is 1. The highest BCUT2D eigenvalue weighted by Crippen LogP contribution is 2.45. The zero-order valence-electron chi connectivity index (χ0n) is 19.6. The molecule has 2 heterocycles. The van der Waals surface area contributed by atoms with E-state index in [1.807, 2.05) is 37.3 Å². The van der Waals surface area contributed by atoms with Gasteiger partial charge in [-0.05, 0) is 66.6 Å². The number of benzene rings is 3. The molecule has 1 fully saturated rings. The second-order valence-electron chi connectivity index (χ2n) is 8.24. The molecule has 1 atom stereocenters. The quantitative estimate of drug-likeness (QED) is 0.181. The van der Waals surface area contributed by atoms with Crippen LogP contribution in [0.4, 0.5) is 5.13 Å². The lowest BCUT2D eigenvalue weighted by atomic mass is 9.95. The number of thiazole rings is 1. The predicted octanol–water partition coefficient (Wildman–Crippen LogP) is 6.01. The molecule has 4 aromatic rings. The molecule has 9 heteroatoms. The van der Waals surface area contributed by atoms with Crippen molar-refractivity contribution in [2.24, 2.45) is 0 Å². The van der Waals surface area contributed by atoms with Gasteiger partial charge >= 0.3 is 5.91 Å². The van der Waals surface area contributed by atoms with Crippen LogP contribution in [0.2, 0.25) is 0 Å². The van der Waals surface area contributed by atoms with E-state index in [1.54, 1.807) is 44.6 Å². The lowest BCUT2D eigenvalue weighted by molar-refractivity contribution is -0.132. The fourth-order valence-corrected chi connectivity index (χ4v) is 5.58. The summed E-state index contributed by atoms with van der Waals surface area (Å²) in [6.45, 7) is 1.84. The molecule has 1 amide bonds. The highest BCUT2D eigenvalue weighted by Gasteiger charge is 2.48. The van der Waals surface area contributed by atoms with Gasteiger partial charge in [0.25, 0.3) is 5.78 Å². The number of halogens is 1. The summed E-state index contributed by atoms with van der Waals surface area (Å²) in [6, 6.07) is 17.0. The minimum absolute atomic E-state index is 0.00345. The number of aromatic nitrogens is 1. The van der Waals surface area contributed by atoms with E-state index >= 15 is 0 Å². The Bertz CT molecular complexity index is 1540. The SMILES string of the molecule is COc1ccc2nc(N3C(=O)C(=O)/C(=C(/O)c4ccc(OC)c(C)c4)[C@H]3c3ccc(Br)cc3)sc2c1. The lowest BCUT2D eigenvalue weighted by Crippen LogP contribution is -2.29. The van der Waals surface area contributed by atoms with Crippen LogP contribution >= 0.6 is 27.3 Å². The predicted molar refractivity (Wildman–Crippen MR) is 143 cm³/mol. The lowest BCUT2D eigenvalue weighted by Gasteiger charge is -2.23. The Hall–Kier alpha value is -3.69. The molecule has 0 unspecified atom stereocenters. The second-order valence-corrected chi connectivity index (χ2v) is 10.2. The summed E-state index contributed by atoms with van der Waals surface area (Å²) in [5.74, 6) is -0.454. The first-order valence-corrected chi connectivity index (χ1v) is 12.6. The fourth-order valence-electron chi connectivity index (χ4n) is 4.29.